The third kappa shape index (κ3) is 3.00. The molecular formula is C18H25BrN2. The monoisotopic (exact) mass is 348 g/mol. The Labute approximate surface area is 136 Å². The minimum Gasteiger partial charge on any atom is -0.368 e. The molecule has 1 aromatic carbocycles. The first-order chi connectivity index (χ1) is 10.3. The van der Waals surface area contributed by atoms with Gasteiger partial charge in [-0.05, 0) is 55.7 Å². The van der Waals surface area contributed by atoms with Crippen molar-refractivity contribution in [2.45, 2.75) is 63.6 Å². The summed E-state index contributed by atoms with van der Waals surface area (Å²) >= 11 is 3.79. The van der Waals surface area contributed by atoms with E-state index in [9.17, 15) is 0 Å². The van der Waals surface area contributed by atoms with Crippen molar-refractivity contribution < 1.29 is 0 Å². The molecule has 3 fully saturated rings. The quantitative estimate of drug-likeness (QED) is 0.863. The van der Waals surface area contributed by atoms with E-state index in [0.717, 1.165) is 24.5 Å². The van der Waals surface area contributed by atoms with Gasteiger partial charge < -0.3 is 10.2 Å². The highest BCUT2D eigenvalue weighted by Crippen LogP contribution is 2.39. The van der Waals surface area contributed by atoms with Crippen molar-refractivity contribution in [3.8, 4) is 0 Å². The number of nitrogens with zero attached hydrogens (tertiary/aromatic N) is 1. The van der Waals surface area contributed by atoms with Crippen molar-refractivity contribution >= 4 is 21.6 Å². The molecule has 2 saturated carbocycles. The zero-order valence-electron chi connectivity index (χ0n) is 12.7. The molecule has 2 atom stereocenters. The lowest BCUT2D eigenvalue weighted by atomic mass is 9.85. The van der Waals surface area contributed by atoms with Crippen LogP contribution in [0.15, 0.2) is 22.7 Å². The van der Waals surface area contributed by atoms with Gasteiger partial charge in [0.2, 0.25) is 0 Å². The maximum absolute atomic E-state index is 3.79. The number of anilines is 1. The molecule has 1 N–H and O–H groups in total. The van der Waals surface area contributed by atoms with Gasteiger partial charge in [0.05, 0.1) is 0 Å². The summed E-state index contributed by atoms with van der Waals surface area (Å²) < 4.78 is 1.27. The van der Waals surface area contributed by atoms with Gasteiger partial charge in [0.1, 0.15) is 0 Å². The molecule has 1 aliphatic heterocycles. The Morgan fingerprint density at radius 2 is 1.95 bits per heavy atom. The molecule has 1 heterocycles. The molecule has 0 spiro atoms. The number of halogens is 1. The average molecular weight is 349 g/mol. The van der Waals surface area contributed by atoms with Crippen LogP contribution in [-0.4, -0.2) is 18.6 Å². The van der Waals surface area contributed by atoms with Crippen LogP contribution in [0.5, 0.6) is 0 Å². The summed E-state index contributed by atoms with van der Waals surface area (Å²) in [5.41, 5.74) is 2.82. The van der Waals surface area contributed by atoms with Gasteiger partial charge in [-0.3, -0.25) is 0 Å². The van der Waals surface area contributed by atoms with E-state index in [1.54, 1.807) is 0 Å². The largest absolute Gasteiger partial charge is 0.368 e. The second-order valence-electron chi connectivity index (χ2n) is 7.02. The van der Waals surface area contributed by atoms with E-state index in [4.69, 9.17) is 0 Å². The lowest BCUT2D eigenvalue weighted by Gasteiger charge is -2.33. The van der Waals surface area contributed by atoms with Gasteiger partial charge >= 0.3 is 0 Å². The number of hydrogen-bond donors (Lipinski definition) is 1. The molecule has 1 saturated heterocycles. The molecule has 21 heavy (non-hydrogen) atoms. The van der Waals surface area contributed by atoms with Gasteiger partial charge in [-0.2, -0.15) is 0 Å². The first-order valence-electron chi connectivity index (χ1n) is 8.60. The minimum absolute atomic E-state index is 0.776. The topological polar surface area (TPSA) is 15.3 Å². The summed E-state index contributed by atoms with van der Waals surface area (Å²) in [5, 5.41) is 3.60. The Kier molecular flexibility index (Phi) is 3.97. The Morgan fingerprint density at radius 1 is 1.10 bits per heavy atom. The maximum atomic E-state index is 3.79. The number of fused-ring (bicyclic) bond motifs is 1. The maximum Gasteiger partial charge on any atom is 0.0380 e. The molecule has 1 aromatic rings. The van der Waals surface area contributed by atoms with E-state index < -0.39 is 0 Å². The van der Waals surface area contributed by atoms with Gasteiger partial charge in [0.25, 0.3) is 0 Å². The molecule has 4 rings (SSSR count). The molecule has 3 heteroatoms. The third-order valence-corrected chi connectivity index (χ3v) is 6.28. The van der Waals surface area contributed by atoms with Crippen LogP contribution in [0.4, 0.5) is 5.69 Å². The molecule has 3 aliphatic rings. The second kappa shape index (κ2) is 5.92. The highest BCUT2D eigenvalue weighted by Gasteiger charge is 2.35. The SMILES string of the molecule is Brc1cc(N2CCC3CCCCC32)ccc1CNC1CC1. The molecular weight excluding hydrogens is 324 g/mol. The number of rotatable bonds is 4. The van der Waals surface area contributed by atoms with Crippen LogP contribution in [0.25, 0.3) is 0 Å². The van der Waals surface area contributed by atoms with Gasteiger partial charge in [-0.1, -0.05) is 34.8 Å². The molecule has 2 unspecified atom stereocenters. The van der Waals surface area contributed by atoms with Crippen molar-refractivity contribution in [2.24, 2.45) is 5.92 Å². The van der Waals surface area contributed by atoms with Crippen molar-refractivity contribution in [3.05, 3.63) is 28.2 Å². The highest BCUT2D eigenvalue weighted by molar-refractivity contribution is 9.10. The molecule has 114 valence electrons. The van der Waals surface area contributed by atoms with Crippen LogP contribution in [-0.2, 0) is 6.54 Å². The van der Waals surface area contributed by atoms with Crippen LogP contribution in [0, 0.1) is 5.92 Å². The standard InChI is InChI=1S/C18H25BrN2/c19-17-11-16(8-5-14(17)12-20-15-6-7-15)21-10-9-13-3-1-2-4-18(13)21/h5,8,11,13,15,18,20H,1-4,6-7,9-10,12H2. The highest BCUT2D eigenvalue weighted by atomic mass is 79.9. The average Bonchev–Trinajstić information content (AvgIpc) is 3.23. The van der Waals surface area contributed by atoms with Crippen LogP contribution >= 0.6 is 15.9 Å². The van der Waals surface area contributed by atoms with Crippen LogP contribution in [0.2, 0.25) is 0 Å². The predicted molar refractivity (Wildman–Crippen MR) is 91.7 cm³/mol. The first kappa shape index (κ1) is 14.1. The number of hydrogen-bond acceptors (Lipinski definition) is 2. The molecule has 0 aromatic heterocycles. The van der Waals surface area contributed by atoms with Gasteiger partial charge in [0.15, 0.2) is 0 Å². The fourth-order valence-corrected chi connectivity index (χ4v) is 4.63. The second-order valence-corrected chi connectivity index (χ2v) is 7.88. The van der Waals surface area contributed by atoms with E-state index >= 15 is 0 Å². The third-order valence-electron chi connectivity index (χ3n) is 5.54. The summed E-state index contributed by atoms with van der Waals surface area (Å²) in [6.07, 6.45) is 9.82. The van der Waals surface area contributed by atoms with E-state index in [2.05, 4.69) is 44.3 Å². The van der Waals surface area contributed by atoms with Gasteiger partial charge in [0, 0.05) is 35.3 Å². The zero-order valence-corrected chi connectivity index (χ0v) is 14.2. The van der Waals surface area contributed by atoms with Crippen LogP contribution in [0.1, 0.15) is 50.5 Å². The number of benzene rings is 1. The molecule has 0 radical (unpaired) electrons. The fraction of sp³-hybridized carbons (Fsp3) is 0.667. The van der Waals surface area contributed by atoms with Crippen LogP contribution < -0.4 is 10.2 Å². The van der Waals surface area contributed by atoms with Crippen molar-refractivity contribution in [3.63, 3.8) is 0 Å². The van der Waals surface area contributed by atoms with Gasteiger partial charge in [-0.25, -0.2) is 0 Å². The van der Waals surface area contributed by atoms with E-state index in [1.807, 2.05) is 0 Å². The van der Waals surface area contributed by atoms with Crippen LogP contribution in [0.3, 0.4) is 0 Å². The van der Waals surface area contributed by atoms with Crippen molar-refractivity contribution in [1.82, 2.24) is 5.32 Å². The molecule has 2 aliphatic carbocycles. The van der Waals surface area contributed by atoms with Crippen molar-refractivity contribution in [2.75, 3.05) is 11.4 Å². The number of nitrogens with one attached hydrogen (secondary N) is 1. The summed E-state index contributed by atoms with van der Waals surface area (Å²) in [6.45, 7) is 2.25. The molecule has 0 amide bonds. The Bertz CT molecular complexity index is 512. The summed E-state index contributed by atoms with van der Waals surface area (Å²) in [4.78, 5) is 2.67. The Balaban J connectivity index is 1.48. The zero-order chi connectivity index (χ0) is 14.2. The van der Waals surface area contributed by atoms with E-state index in [1.165, 1.54) is 67.2 Å². The lowest BCUT2D eigenvalue weighted by Crippen LogP contribution is -2.34. The predicted octanol–water partition coefficient (Wildman–Crippen LogP) is 4.47. The van der Waals surface area contributed by atoms with E-state index in [-0.39, 0.29) is 0 Å². The Morgan fingerprint density at radius 3 is 2.76 bits per heavy atom. The normalized spacial score (nSPS) is 28.7. The van der Waals surface area contributed by atoms with E-state index in [0.29, 0.717) is 0 Å². The molecule has 0 bridgehead atoms. The fourth-order valence-electron chi connectivity index (χ4n) is 4.13. The van der Waals surface area contributed by atoms with Gasteiger partial charge in [-0.15, -0.1) is 0 Å². The minimum atomic E-state index is 0.776. The molecule has 2 nitrogen and oxygen atoms in total. The summed E-state index contributed by atoms with van der Waals surface area (Å²) in [5.74, 6) is 0.953. The lowest BCUT2D eigenvalue weighted by molar-refractivity contribution is 0.342. The summed E-state index contributed by atoms with van der Waals surface area (Å²) in [6, 6.07) is 8.58. The first-order valence-corrected chi connectivity index (χ1v) is 9.39. The smallest absolute Gasteiger partial charge is 0.0380 e. The van der Waals surface area contributed by atoms with Crippen molar-refractivity contribution in [1.29, 1.82) is 0 Å². The Hall–Kier alpha value is -0.540. The summed E-state index contributed by atoms with van der Waals surface area (Å²) in [7, 11) is 0.